The smallest absolute Gasteiger partial charge is 0.165 e. The SMILES string of the molecule is COc1cccc(C(CCc2ccnn2C)NN)c1OC. The maximum atomic E-state index is 5.73. The number of para-hydroxylation sites is 1. The Hall–Kier alpha value is -2.05. The molecule has 0 aliphatic rings. The summed E-state index contributed by atoms with van der Waals surface area (Å²) in [5.74, 6) is 7.15. The molecule has 114 valence electrons. The minimum Gasteiger partial charge on any atom is -0.493 e. The molecule has 0 aliphatic carbocycles. The monoisotopic (exact) mass is 290 g/mol. The molecule has 0 saturated heterocycles. The number of aromatic nitrogens is 2. The lowest BCUT2D eigenvalue weighted by molar-refractivity contribution is 0.345. The highest BCUT2D eigenvalue weighted by molar-refractivity contribution is 5.48. The summed E-state index contributed by atoms with van der Waals surface area (Å²) in [5.41, 5.74) is 5.01. The Balaban J connectivity index is 2.19. The third-order valence-electron chi connectivity index (χ3n) is 3.62. The molecule has 21 heavy (non-hydrogen) atoms. The zero-order valence-electron chi connectivity index (χ0n) is 12.7. The first-order chi connectivity index (χ1) is 10.2. The van der Waals surface area contributed by atoms with Crippen molar-refractivity contribution in [2.45, 2.75) is 18.9 Å². The summed E-state index contributed by atoms with van der Waals surface area (Å²) < 4.78 is 12.7. The van der Waals surface area contributed by atoms with Crippen LogP contribution < -0.4 is 20.7 Å². The predicted octanol–water partition coefficient (Wildman–Crippen LogP) is 1.57. The maximum absolute atomic E-state index is 5.73. The van der Waals surface area contributed by atoms with Gasteiger partial charge in [-0.1, -0.05) is 12.1 Å². The highest BCUT2D eigenvalue weighted by Gasteiger charge is 2.18. The molecule has 1 atom stereocenters. The third-order valence-corrected chi connectivity index (χ3v) is 3.62. The summed E-state index contributed by atoms with van der Waals surface area (Å²) >= 11 is 0. The molecule has 0 spiro atoms. The predicted molar refractivity (Wildman–Crippen MR) is 81.1 cm³/mol. The zero-order valence-corrected chi connectivity index (χ0v) is 12.7. The second-order valence-electron chi connectivity index (χ2n) is 4.79. The van der Waals surface area contributed by atoms with Crippen LogP contribution in [0.3, 0.4) is 0 Å². The summed E-state index contributed by atoms with van der Waals surface area (Å²) in [4.78, 5) is 0. The molecule has 6 nitrogen and oxygen atoms in total. The number of ether oxygens (including phenoxy) is 2. The van der Waals surface area contributed by atoms with Crippen LogP contribution in [0.5, 0.6) is 11.5 Å². The topological polar surface area (TPSA) is 74.3 Å². The normalized spacial score (nSPS) is 12.2. The number of hydrogen-bond donors (Lipinski definition) is 2. The average Bonchev–Trinajstić information content (AvgIpc) is 2.92. The second kappa shape index (κ2) is 7.10. The van der Waals surface area contributed by atoms with Gasteiger partial charge in [-0.15, -0.1) is 0 Å². The van der Waals surface area contributed by atoms with Gasteiger partial charge in [0.25, 0.3) is 0 Å². The number of rotatable bonds is 7. The summed E-state index contributed by atoms with van der Waals surface area (Å²) in [6.45, 7) is 0. The molecule has 0 fully saturated rings. The highest BCUT2D eigenvalue weighted by atomic mass is 16.5. The third kappa shape index (κ3) is 3.34. The first-order valence-corrected chi connectivity index (χ1v) is 6.85. The fourth-order valence-electron chi connectivity index (χ4n) is 2.45. The molecule has 3 N–H and O–H groups in total. The van der Waals surface area contributed by atoms with Gasteiger partial charge in [0.1, 0.15) is 0 Å². The van der Waals surface area contributed by atoms with Crippen molar-refractivity contribution >= 4 is 0 Å². The van der Waals surface area contributed by atoms with Gasteiger partial charge >= 0.3 is 0 Å². The van der Waals surface area contributed by atoms with E-state index >= 15 is 0 Å². The Morgan fingerprint density at radius 2 is 2.10 bits per heavy atom. The van der Waals surface area contributed by atoms with Crippen molar-refractivity contribution in [2.75, 3.05) is 14.2 Å². The fourth-order valence-corrected chi connectivity index (χ4v) is 2.45. The van der Waals surface area contributed by atoms with Gasteiger partial charge in [-0.2, -0.15) is 5.10 Å². The van der Waals surface area contributed by atoms with E-state index in [1.54, 1.807) is 20.4 Å². The quantitative estimate of drug-likeness (QED) is 0.598. The summed E-state index contributed by atoms with van der Waals surface area (Å²) in [7, 11) is 5.20. The summed E-state index contributed by atoms with van der Waals surface area (Å²) in [5, 5.41) is 4.17. The molecule has 6 heteroatoms. The molecule has 1 heterocycles. The van der Waals surface area contributed by atoms with Gasteiger partial charge < -0.3 is 9.47 Å². The van der Waals surface area contributed by atoms with Crippen LogP contribution in [0.2, 0.25) is 0 Å². The van der Waals surface area contributed by atoms with E-state index < -0.39 is 0 Å². The van der Waals surface area contributed by atoms with Gasteiger partial charge in [-0.3, -0.25) is 16.0 Å². The molecule has 0 bridgehead atoms. The number of nitrogens with one attached hydrogen (secondary N) is 1. The lowest BCUT2D eigenvalue weighted by Crippen LogP contribution is -2.29. The number of nitrogens with zero attached hydrogens (tertiary/aromatic N) is 2. The van der Waals surface area contributed by atoms with E-state index in [2.05, 4.69) is 10.5 Å². The largest absolute Gasteiger partial charge is 0.493 e. The molecule has 1 aromatic carbocycles. The number of hydrogen-bond acceptors (Lipinski definition) is 5. The van der Waals surface area contributed by atoms with Gasteiger partial charge in [0, 0.05) is 24.5 Å². The Labute approximate surface area is 124 Å². The molecule has 2 aromatic rings. The fraction of sp³-hybridized carbons (Fsp3) is 0.400. The molecule has 0 radical (unpaired) electrons. The lowest BCUT2D eigenvalue weighted by atomic mass is 10.00. The second-order valence-corrected chi connectivity index (χ2v) is 4.79. The van der Waals surface area contributed by atoms with E-state index in [1.165, 1.54) is 0 Å². The van der Waals surface area contributed by atoms with Crippen molar-refractivity contribution in [3.05, 3.63) is 41.7 Å². The van der Waals surface area contributed by atoms with E-state index in [9.17, 15) is 0 Å². The number of hydrazine groups is 1. The summed E-state index contributed by atoms with van der Waals surface area (Å²) in [6, 6.07) is 7.79. The molecular weight excluding hydrogens is 268 g/mol. The molecule has 0 amide bonds. The van der Waals surface area contributed by atoms with E-state index in [4.69, 9.17) is 15.3 Å². The van der Waals surface area contributed by atoms with Gasteiger partial charge in [0.05, 0.1) is 20.3 Å². The Bertz CT molecular complexity index is 583. The lowest BCUT2D eigenvalue weighted by Gasteiger charge is -2.20. The number of nitrogens with two attached hydrogens (primary N) is 1. The minimum absolute atomic E-state index is 0.0232. The molecule has 1 unspecified atom stereocenters. The van der Waals surface area contributed by atoms with E-state index in [0.29, 0.717) is 11.5 Å². The Kier molecular flexibility index (Phi) is 5.19. The molecular formula is C15H22N4O2. The van der Waals surface area contributed by atoms with Crippen molar-refractivity contribution in [1.29, 1.82) is 0 Å². The van der Waals surface area contributed by atoms with E-state index in [1.807, 2.05) is 36.0 Å². The van der Waals surface area contributed by atoms with Gasteiger partial charge in [0.15, 0.2) is 11.5 Å². The van der Waals surface area contributed by atoms with Crippen LogP contribution in [-0.4, -0.2) is 24.0 Å². The number of methoxy groups -OCH3 is 2. The Morgan fingerprint density at radius 1 is 1.29 bits per heavy atom. The van der Waals surface area contributed by atoms with Crippen LogP contribution in [0.25, 0.3) is 0 Å². The number of benzene rings is 1. The first-order valence-electron chi connectivity index (χ1n) is 6.85. The van der Waals surface area contributed by atoms with Crippen LogP contribution in [0.15, 0.2) is 30.5 Å². The van der Waals surface area contributed by atoms with Crippen molar-refractivity contribution in [3.63, 3.8) is 0 Å². The molecule has 1 aromatic heterocycles. The van der Waals surface area contributed by atoms with Gasteiger partial charge in [0.2, 0.25) is 0 Å². The van der Waals surface area contributed by atoms with Crippen molar-refractivity contribution in [1.82, 2.24) is 15.2 Å². The van der Waals surface area contributed by atoms with E-state index in [0.717, 1.165) is 24.1 Å². The van der Waals surface area contributed by atoms with Gasteiger partial charge in [-0.25, -0.2) is 0 Å². The molecule has 2 rings (SSSR count). The molecule has 0 saturated carbocycles. The van der Waals surface area contributed by atoms with Gasteiger partial charge in [-0.05, 0) is 25.0 Å². The van der Waals surface area contributed by atoms with Crippen LogP contribution in [-0.2, 0) is 13.5 Å². The van der Waals surface area contributed by atoms with Crippen molar-refractivity contribution < 1.29 is 9.47 Å². The Morgan fingerprint density at radius 3 is 2.67 bits per heavy atom. The average molecular weight is 290 g/mol. The van der Waals surface area contributed by atoms with Crippen LogP contribution in [0.4, 0.5) is 0 Å². The van der Waals surface area contributed by atoms with E-state index in [-0.39, 0.29) is 6.04 Å². The highest BCUT2D eigenvalue weighted by Crippen LogP contribution is 2.35. The standard InChI is InChI=1S/C15H22N4O2/c1-19-11(9-10-17-19)7-8-13(18-16)12-5-4-6-14(20-2)15(12)21-3/h4-6,9-10,13,18H,7-8,16H2,1-3H3. The van der Waals surface area contributed by atoms with Crippen LogP contribution in [0, 0.1) is 0 Å². The first kappa shape index (κ1) is 15.3. The van der Waals surface area contributed by atoms with Crippen LogP contribution >= 0.6 is 0 Å². The van der Waals surface area contributed by atoms with Crippen molar-refractivity contribution in [2.24, 2.45) is 12.9 Å². The minimum atomic E-state index is -0.0232. The zero-order chi connectivity index (χ0) is 15.2. The number of aryl methyl sites for hydroxylation is 2. The summed E-state index contributed by atoms with van der Waals surface area (Å²) in [6.07, 6.45) is 3.50. The van der Waals surface area contributed by atoms with Crippen molar-refractivity contribution in [3.8, 4) is 11.5 Å². The van der Waals surface area contributed by atoms with Crippen LogP contribution in [0.1, 0.15) is 23.7 Å². The molecule has 0 aliphatic heterocycles. The maximum Gasteiger partial charge on any atom is 0.165 e.